The number of nitrogens with one attached hydrogen (secondary N) is 1. The van der Waals surface area contributed by atoms with E-state index in [-0.39, 0.29) is 17.3 Å². The molecule has 1 aromatic rings. The molecule has 8 heteroatoms. The molecule has 0 aliphatic heterocycles. The Morgan fingerprint density at radius 2 is 1.76 bits per heavy atom. The molecule has 5 rings (SSSR count). The maximum absolute atomic E-state index is 13.0. The molecule has 0 radical (unpaired) electrons. The second-order valence-corrected chi connectivity index (χ2v) is 8.88. The van der Waals surface area contributed by atoms with E-state index in [0.717, 1.165) is 19.3 Å². The predicted octanol–water partition coefficient (Wildman–Crippen LogP) is 3.69. The van der Waals surface area contributed by atoms with E-state index in [1.807, 2.05) is 0 Å². The van der Waals surface area contributed by atoms with Crippen LogP contribution in [0.4, 0.5) is 11.4 Å². The number of carbonyl (C=O) groups is 2. The van der Waals surface area contributed by atoms with Gasteiger partial charge in [0.2, 0.25) is 0 Å². The zero-order valence-electron chi connectivity index (χ0n) is 16.7. The summed E-state index contributed by atoms with van der Waals surface area (Å²) in [7, 11) is 1.41. The fraction of sp³-hybridized carbons (Fsp3) is 0.619. The van der Waals surface area contributed by atoms with Crippen molar-refractivity contribution in [3.63, 3.8) is 0 Å². The van der Waals surface area contributed by atoms with Crippen LogP contribution in [0.3, 0.4) is 0 Å². The zero-order chi connectivity index (χ0) is 20.8. The molecule has 8 nitrogen and oxygen atoms in total. The van der Waals surface area contributed by atoms with Crippen molar-refractivity contribution in [1.82, 2.24) is 0 Å². The summed E-state index contributed by atoms with van der Waals surface area (Å²) in [5.41, 5.74) is -0.435. The van der Waals surface area contributed by atoms with Crippen LogP contribution in [0.15, 0.2) is 18.2 Å². The van der Waals surface area contributed by atoms with Gasteiger partial charge >= 0.3 is 5.97 Å². The standard InChI is InChI=1S/C21H26N2O6/c1-12(19(24)22-17-8-16(23(26)27)3-4-18(17)28-2)29-20(25)21-9-13-5-14(10-21)7-15(6-13)11-21/h3-4,8,12-15H,5-7,9-11H2,1-2H3,(H,22,24)/t12-,13?,14?,15?,21?/m0/s1. The van der Waals surface area contributed by atoms with E-state index in [0.29, 0.717) is 23.5 Å². The minimum absolute atomic E-state index is 0.167. The third-order valence-electron chi connectivity index (χ3n) is 6.78. The molecule has 1 N–H and O–H groups in total. The summed E-state index contributed by atoms with van der Waals surface area (Å²) in [5, 5.41) is 13.6. The first kappa shape index (κ1) is 19.7. The highest BCUT2D eigenvalue weighted by Gasteiger charge is 2.55. The molecule has 4 aliphatic carbocycles. The number of benzene rings is 1. The molecule has 0 aromatic heterocycles. The molecule has 0 saturated heterocycles. The first-order chi connectivity index (χ1) is 13.8. The van der Waals surface area contributed by atoms with E-state index >= 15 is 0 Å². The smallest absolute Gasteiger partial charge is 0.312 e. The third kappa shape index (κ3) is 3.68. The molecule has 1 amide bonds. The molecule has 0 heterocycles. The van der Waals surface area contributed by atoms with Gasteiger partial charge < -0.3 is 14.8 Å². The molecular formula is C21H26N2O6. The van der Waals surface area contributed by atoms with Crippen molar-refractivity contribution < 1.29 is 24.0 Å². The Bertz CT molecular complexity index is 816. The van der Waals surface area contributed by atoms with E-state index in [2.05, 4.69) is 5.32 Å². The summed E-state index contributed by atoms with van der Waals surface area (Å²) >= 11 is 0. The highest BCUT2D eigenvalue weighted by atomic mass is 16.6. The number of nitro groups is 1. The summed E-state index contributed by atoms with van der Waals surface area (Å²) in [5.74, 6) is 1.29. The molecule has 4 aliphatic rings. The van der Waals surface area contributed by atoms with Crippen LogP contribution in [0.1, 0.15) is 45.4 Å². The minimum Gasteiger partial charge on any atom is -0.495 e. The van der Waals surface area contributed by atoms with Gasteiger partial charge in [-0.15, -0.1) is 0 Å². The topological polar surface area (TPSA) is 108 Å². The Hall–Kier alpha value is -2.64. The van der Waals surface area contributed by atoms with Gasteiger partial charge in [-0.2, -0.15) is 0 Å². The lowest BCUT2D eigenvalue weighted by atomic mass is 9.49. The number of carbonyl (C=O) groups excluding carboxylic acids is 2. The van der Waals surface area contributed by atoms with Crippen LogP contribution in [0, 0.1) is 33.3 Å². The molecule has 4 saturated carbocycles. The minimum atomic E-state index is -1.00. The highest BCUT2D eigenvalue weighted by Crippen LogP contribution is 2.60. The lowest BCUT2D eigenvalue weighted by molar-refractivity contribution is -0.384. The van der Waals surface area contributed by atoms with Crippen LogP contribution < -0.4 is 10.1 Å². The number of ether oxygens (including phenoxy) is 2. The monoisotopic (exact) mass is 402 g/mol. The van der Waals surface area contributed by atoms with Gasteiger partial charge in [0.25, 0.3) is 11.6 Å². The second kappa shape index (κ2) is 7.31. The van der Waals surface area contributed by atoms with Crippen LogP contribution in [0.2, 0.25) is 0 Å². The van der Waals surface area contributed by atoms with Gasteiger partial charge in [0.1, 0.15) is 5.75 Å². The first-order valence-electron chi connectivity index (χ1n) is 10.1. The van der Waals surface area contributed by atoms with Gasteiger partial charge in [-0.3, -0.25) is 19.7 Å². The van der Waals surface area contributed by atoms with E-state index in [9.17, 15) is 19.7 Å². The maximum atomic E-state index is 13.0. The number of hydrogen-bond acceptors (Lipinski definition) is 6. The molecule has 0 spiro atoms. The van der Waals surface area contributed by atoms with E-state index in [1.54, 1.807) is 0 Å². The normalized spacial score (nSPS) is 30.5. The van der Waals surface area contributed by atoms with Crippen LogP contribution in [-0.4, -0.2) is 30.0 Å². The number of anilines is 1. The van der Waals surface area contributed by atoms with Crippen LogP contribution >= 0.6 is 0 Å². The van der Waals surface area contributed by atoms with Crippen LogP contribution in [-0.2, 0) is 14.3 Å². The van der Waals surface area contributed by atoms with Crippen LogP contribution in [0.5, 0.6) is 5.75 Å². The Morgan fingerprint density at radius 1 is 1.17 bits per heavy atom. The summed E-state index contributed by atoms with van der Waals surface area (Å²) in [6.45, 7) is 1.53. The third-order valence-corrected chi connectivity index (χ3v) is 6.78. The highest BCUT2D eigenvalue weighted by molar-refractivity contribution is 5.97. The van der Waals surface area contributed by atoms with E-state index in [4.69, 9.17) is 9.47 Å². The SMILES string of the molecule is COc1ccc([N+](=O)[O-])cc1NC(=O)[C@H](C)OC(=O)C12CC3CC(CC(C3)C1)C2. The van der Waals surface area contributed by atoms with Gasteiger partial charge in [0.05, 0.1) is 23.1 Å². The van der Waals surface area contributed by atoms with Crippen molar-refractivity contribution >= 4 is 23.3 Å². The van der Waals surface area contributed by atoms with Gasteiger partial charge in [-0.05, 0) is 69.3 Å². The van der Waals surface area contributed by atoms with E-state index in [1.165, 1.54) is 51.5 Å². The number of non-ortho nitro benzene ring substituents is 1. The van der Waals surface area contributed by atoms with Gasteiger partial charge in [-0.1, -0.05) is 0 Å². The Morgan fingerprint density at radius 3 is 2.28 bits per heavy atom. The molecule has 1 atom stereocenters. The van der Waals surface area contributed by atoms with Crippen molar-refractivity contribution in [2.75, 3.05) is 12.4 Å². The fourth-order valence-electron chi connectivity index (χ4n) is 5.84. The van der Waals surface area contributed by atoms with Crippen molar-refractivity contribution in [3.05, 3.63) is 28.3 Å². The number of esters is 1. The zero-order valence-corrected chi connectivity index (χ0v) is 16.7. The summed E-state index contributed by atoms with van der Waals surface area (Å²) in [4.78, 5) is 36.1. The predicted molar refractivity (Wildman–Crippen MR) is 104 cm³/mol. The van der Waals surface area contributed by atoms with Gasteiger partial charge in [-0.25, -0.2) is 0 Å². The van der Waals surface area contributed by atoms with Crippen molar-refractivity contribution in [3.8, 4) is 5.75 Å². The fourth-order valence-corrected chi connectivity index (χ4v) is 5.84. The molecule has 1 aromatic carbocycles. The van der Waals surface area contributed by atoms with Crippen molar-refractivity contribution in [2.45, 2.75) is 51.6 Å². The van der Waals surface area contributed by atoms with E-state index < -0.39 is 22.3 Å². The average molecular weight is 402 g/mol. The Balaban J connectivity index is 1.43. The van der Waals surface area contributed by atoms with Crippen molar-refractivity contribution in [1.29, 1.82) is 0 Å². The largest absolute Gasteiger partial charge is 0.495 e. The quantitative estimate of drug-likeness (QED) is 0.442. The molecule has 29 heavy (non-hydrogen) atoms. The maximum Gasteiger partial charge on any atom is 0.312 e. The summed E-state index contributed by atoms with van der Waals surface area (Å²) in [6.07, 6.45) is 5.25. The van der Waals surface area contributed by atoms with Crippen LogP contribution in [0.25, 0.3) is 0 Å². The Kier molecular flexibility index (Phi) is 4.96. The summed E-state index contributed by atoms with van der Waals surface area (Å²) < 4.78 is 10.8. The number of methoxy groups -OCH3 is 1. The molecule has 0 unspecified atom stereocenters. The van der Waals surface area contributed by atoms with Gasteiger partial charge in [0.15, 0.2) is 6.10 Å². The lowest BCUT2D eigenvalue weighted by Gasteiger charge is -2.55. The number of rotatable bonds is 6. The lowest BCUT2D eigenvalue weighted by Crippen LogP contribution is -2.51. The number of nitrogens with zero attached hydrogens (tertiary/aromatic N) is 1. The number of hydrogen-bond donors (Lipinski definition) is 1. The molecule has 4 bridgehead atoms. The molecule has 156 valence electrons. The van der Waals surface area contributed by atoms with Gasteiger partial charge in [0, 0.05) is 12.1 Å². The molecule has 4 fully saturated rings. The number of nitro benzene ring substituents is 1. The number of amides is 1. The second-order valence-electron chi connectivity index (χ2n) is 8.88. The van der Waals surface area contributed by atoms with Crippen molar-refractivity contribution in [2.24, 2.45) is 23.2 Å². The first-order valence-corrected chi connectivity index (χ1v) is 10.1. The molecular weight excluding hydrogens is 376 g/mol. The summed E-state index contributed by atoms with van der Waals surface area (Å²) in [6, 6.07) is 3.94. The Labute approximate surface area is 169 Å². The average Bonchev–Trinajstić information content (AvgIpc) is 2.66.